The molecule has 34 heavy (non-hydrogen) atoms. The molecule has 0 bridgehead atoms. The van der Waals surface area contributed by atoms with Gasteiger partial charge in [-0.05, 0) is 22.2 Å². The van der Waals surface area contributed by atoms with Crippen molar-refractivity contribution in [3.8, 4) is 0 Å². The van der Waals surface area contributed by atoms with Gasteiger partial charge in [-0.2, -0.15) is 0 Å². The summed E-state index contributed by atoms with van der Waals surface area (Å²) in [6.45, 7) is 1.86. The van der Waals surface area contributed by atoms with Crippen molar-refractivity contribution in [2.75, 3.05) is 13.2 Å². The number of hydrogen-bond acceptors (Lipinski definition) is 5. The SMILES string of the molecule is [N-]=[N+]=NC(COCc1ccccc1)[C@H]1OCC(OCc2ccccc2)C1OCc1ccccc1. The zero-order valence-electron chi connectivity index (χ0n) is 19.0. The normalized spacial score (nSPS) is 20.5. The van der Waals surface area contributed by atoms with E-state index in [0.717, 1.165) is 16.7 Å². The van der Waals surface area contributed by atoms with Crippen LogP contribution in [0.25, 0.3) is 10.4 Å². The Morgan fingerprint density at radius 3 is 1.88 bits per heavy atom. The van der Waals surface area contributed by atoms with Gasteiger partial charge in [0, 0.05) is 4.91 Å². The predicted molar refractivity (Wildman–Crippen MR) is 129 cm³/mol. The second-order valence-corrected chi connectivity index (χ2v) is 8.17. The van der Waals surface area contributed by atoms with Crippen molar-refractivity contribution in [3.63, 3.8) is 0 Å². The predicted octanol–water partition coefficient (Wildman–Crippen LogP) is 5.45. The summed E-state index contributed by atoms with van der Waals surface area (Å²) in [6.07, 6.45) is -1.17. The lowest BCUT2D eigenvalue weighted by Crippen LogP contribution is -2.42. The fourth-order valence-electron chi connectivity index (χ4n) is 3.96. The van der Waals surface area contributed by atoms with E-state index >= 15 is 0 Å². The molecule has 3 aromatic rings. The van der Waals surface area contributed by atoms with Crippen LogP contribution in [0.15, 0.2) is 96.1 Å². The molecule has 1 fully saturated rings. The van der Waals surface area contributed by atoms with E-state index in [-0.39, 0.29) is 12.7 Å². The van der Waals surface area contributed by atoms with Gasteiger partial charge in [-0.3, -0.25) is 0 Å². The van der Waals surface area contributed by atoms with Crippen LogP contribution in [0.3, 0.4) is 0 Å². The lowest BCUT2D eigenvalue weighted by atomic mass is 10.0. The minimum absolute atomic E-state index is 0.222. The van der Waals surface area contributed by atoms with Crippen LogP contribution in [-0.4, -0.2) is 37.6 Å². The molecule has 0 aromatic heterocycles. The van der Waals surface area contributed by atoms with E-state index in [1.165, 1.54) is 0 Å². The quantitative estimate of drug-likeness (QED) is 0.205. The largest absolute Gasteiger partial charge is 0.376 e. The van der Waals surface area contributed by atoms with Gasteiger partial charge >= 0.3 is 0 Å². The Morgan fingerprint density at radius 1 is 0.794 bits per heavy atom. The Morgan fingerprint density at radius 2 is 1.32 bits per heavy atom. The van der Waals surface area contributed by atoms with Crippen LogP contribution in [0.4, 0.5) is 0 Å². The molecule has 3 unspecified atom stereocenters. The van der Waals surface area contributed by atoms with Crippen LogP contribution >= 0.6 is 0 Å². The molecular formula is C27H29N3O4. The van der Waals surface area contributed by atoms with E-state index in [0.29, 0.717) is 26.4 Å². The minimum atomic E-state index is -0.542. The maximum Gasteiger partial charge on any atom is 0.113 e. The van der Waals surface area contributed by atoms with Gasteiger partial charge < -0.3 is 18.9 Å². The van der Waals surface area contributed by atoms with Crippen molar-refractivity contribution < 1.29 is 18.9 Å². The summed E-state index contributed by atoms with van der Waals surface area (Å²) in [5.41, 5.74) is 12.4. The molecule has 4 rings (SSSR count). The van der Waals surface area contributed by atoms with Gasteiger partial charge in [0.1, 0.15) is 12.2 Å². The molecule has 4 atom stereocenters. The van der Waals surface area contributed by atoms with Crippen LogP contribution in [0, 0.1) is 0 Å². The first kappa shape index (κ1) is 24.0. The first-order valence-electron chi connectivity index (χ1n) is 11.4. The molecule has 176 valence electrons. The number of hydrogen-bond donors (Lipinski definition) is 0. The molecule has 1 saturated heterocycles. The second kappa shape index (κ2) is 12.9. The number of benzene rings is 3. The monoisotopic (exact) mass is 459 g/mol. The number of ether oxygens (including phenoxy) is 4. The van der Waals surface area contributed by atoms with Crippen LogP contribution in [0.1, 0.15) is 16.7 Å². The summed E-state index contributed by atoms with van der Waals surface area (Å²) in [6, 6.07) is 29.3. The Labute approximate surface area is 199 Å². The molecule has 0 spiro atoms. The van der Waals surface area contributed by atoms with Gasteiger partial charge in [-0.15, -0.1) is 0 Å². The first-order chi connectivity index (χ1) is 16.8. The lowest BCUT2D eigenvalue weighted by Gasteiger charge is -2.27. The molecule has 0 N–H and O–H groups in total. The van der Waals surface area contributed by atoms with E-state index in [2.05, 4.69) is 10.0 Å². The Kier molecular flexibility index (Phi) is 9.08. The zero-order chi connectivity index (χ0) is 23.4. The van der Waals surface area contributed by atoms with Crippen LogP contribution < -0.4 is 0 Å². The summed E-state index contributed by atoms with van der Waals surface area (Å²) < 4.78 is 24.5. The van der Waals surface area contributed by atoms with Crippen molar-refractivity contribution in [2.45, 2.75) is 44.2 Å². The molecule has 1 heterocycles. The van der Waals surface area contributed by atoms with E-state index in [9.17, 15) is 5.53 Å². The van der Waals surface area contributed by atoms with Crippen molar-refractivity contribution in [1.82, 2.24) is 0 Å². The van der Waals surface area contributed by atoms with Gasteiger partial charge in [0.25, 0.3) is 0 Å². The lowest BCUT2D eigenvalue weighted by molar-refractivity contribution is -0.0820. The summed E-state index contributed by atoms with van der Waals surface area (Å²) in [5, 5.41) is 3.99. The highest BCUT2D eigenvalue weighted by Crippen LogP contribution is 2.27. The highest BCUT2D eigenvalue weighted by molar-refractivity contribution is 5.15. The summed E-state index contributed by atoms with van der Waals surface area (Å²) in [5.74, 6) is 0. The highest BCUT2D eigenvalue weighted by Gasteiger charge is 2.43. The molecule has 1 aliphatic heterocycles. The molecule has 0 aliphatic carbocycles. The van der Waals surface area contributed by atoms with Gasteiger partial charge in [-0.25, -0.2) is 0 Å². The molecular weight excluding hydrogens is 430 g/mol. The van der Waals surface area contributed by atoms with Crippen molar-refractivity contribution >= 4 is 0 Å². The van der Waals surface area contributed by atoms with Gasteiger partial charge in [0.15, 0.2) is 0 Å². The molecule has 3 aromatic carbocycles. The smallest absolute Gasteiger partial charge is 0.113 e. The Bertz CT molecular complexity index is 1030. The summed E-state index contributed by atoms with van der Waals surface area (Å²) >= 11 is 0. The third-order valence-electron chi connectivity index (χ3n) is 5.71. The molecule has 0 amide bonds. The fourth-order valence-corrected chi connectivity index (χ4v) is 3.96. The molecule has 1 aliphatic rings. The van der Waals surface area contributed by atoms with Crippen LogP contribution in [0.2, 0.25) is 0 Å². The fraction of sp³-hybridized carbons (Fsp3) is 0.333. The second-order valence-electron chi connectivity index (χ2n) is 8.17. The van der Waals surface area contributed by atoms with Crippen molar-refractivity contribution in [2.24, 2.45) is 5.11 Å². The topological polar surface area (TPSA) is 85.7 Å². The molecule has 7 heteroatoms. The number of rotatable bonds is 12. The van der Waals surface area contributed by atoms with Crippen molar-refractivity contribution in [1.29, 1.82) is 0 Å². The van der Waals surface area contributed by atoms with Gasteiger partial charge in [0.05, 0.1) is 45.2 Å². The number of azide groups is 1. The average Bonchev–Trinajstić information content (AvgIpc) is 3.30. The standard InChI is InChI=1S/C27H29N3O4/c28-30-29-24(19-31-16-21-10-4-1-5-11-21)26-27(33-18-23-14-8-3-9-15-23)25(20-34-26)32-17-22-12-6-2-7-13-22/h1-15,24-27H,16-20H2/t24?,25?,26-,27?/m1/s1. The van der Waals surface area contributed by atoms with E-state index in [4.69, 9.17) is 18.9 Å². The first-order valence-corrected chi connectivity index (χ1v) is 11.4. The summed E-state index contributed by atoms with van der Waals surface area (Å²) in [4.78, 5) is 3.05. The van der Waals surface area contributed by atoms with E-state index in [1.807, 2.05) is 91.0 Å². The van der Waals surface area contributed by atoms with Crippen LogP contribution in [-0.2, 0) is 38.8 Å². The average molecular weight is 460 g/mol. The summed E-state index contributed by atoms with van der Waals surface area (Å²) in [7, 11) is 0. The van der Waals surface area contributed by atoms with E-state index < -0.39 is 18.2 Å². The number of nitrogens with zero attached hydrogens (tertiary/aromatic N) is 3. The van der Waals surface area contributed by atoms with Crippen molar-refractivity contribution in [3.05, 3.63) is 118 Å². The maximum atomic E-state index is 9.20. The van der Waals surface area contributed by atoms with Gasteiger partial charge in [-0.1, -0.05) is 96.1 Å². The Balaban J connectivity index is 1.43. The molecule has 7 nitrogen and oxygen atoms in total. The molecule has 0 saturated carbocycles. The zero-order valence-corrected chi connectivity index (χ0v) is 19.0. The third-order valence-corrected chi connectivity index (χ3v) is 5.71. The van der Waals surface area contributed by atoms with E-state index in [1.54, 1.807) is 0 Å². The minimum Gasteiger partial charge on any atom is -0.376 e. The highest BCUT2D eigenvalue weighted by atomic mass is 16.6. The Hall–Kier alpha value is -3.19. The van der Waals surface area contributed by atoms with Gasteiger partial charge in [0.2, 0.25) is 0 Å². The van der Waals surface area contributed by atoms with Crippen LogP contribution in [0.5, 0.6) is 0 Å². The maximum absolute atomic E-state index is 9.20. The third kappa shape index (κ3) is 6.90. The molecule has 0 radical (unpaired) electrons.